The number of nitrogens with two attached hydrogens (primary N) is 1. The number of hydrogen-bond donors (Lipinski definition) is 1. The van der Waals surface area contributed by atoms with Crippen LogP contribution >= 0.6 is 0 Å². The van der Waals surface area contributed by atoms with Crippen molar-refractivity contribution in [2.45, 2.75) is 43.4 Å². The fraction of sp³-hybridized carbons (Fsp3) is 0.714. The molecular formula is C21H30FN3O3. The van der Waals surface area contributed by atoms with Crippen LogP contribution < -0.4 is 5.73 Å². The Morgan fingerprint density at radius 2 is 2.04 bits per heavy atom. The van der Waals surface area contributed by atoms with Crippen molar-refractivity contribution in [3.05, 3.63) is 29.6 Å². The lowest BCUT2D eigenvalue weighted by Crippen LogP contribution is -2.61. The fourth-order valence-corrected chi connectivity index (χ4v) is 5.68. The van der Waals surface area contributed by atoms with E-state index in [2.05, 4.69) is 9.88 Å². The molecule has 1 saturated carbocycles. The van der Waals surface area contributed by atoms with E-state index in [4.69, 9.17) is 15.2 Å². The van der Waals surface area contributed by atoms with E-state index in [0.717, 1.165) is 37.9 Å². The van der Waals surface area contributed by atoms with Gasteiger partial charge in [-0.15, -0.1) is 0 Å². The molecular weight excluding hydrogens is 361 g/mol. The number of rotatable bonds is 5. The number of carbonyl (C=O) groups is 1. The molecule has 2 N–H and O–H groups in total. The standard InChI is InChI=1S/C21H30FN3O3/c1-27-21(15-5-8-24-18(11-15)19(23)26)16-3-2-4-17(21)13-25(12-16)14-20(22)6-9-28-10-7-20/h5,8,11,16-17H,2-4,6-7,9-10,12-14H2,1H3,(H2,23,26)/t16-,17+,21?. The molecule has 0 aromatic carbocycles. The first kappa shape index (κ1) is 19.7. The molecule has 1 aromatic heterocycles. The summed E-state index contributed by atoms with van der Waals surface area (Å²) in [5.41, 5.74) is 5.05. The van der Waals surface area contributed by atoms with Gasteiger partial charge >= 0.3 is 0 Å². The summed E-state index contributed by atoms with van der Waals surface area (Å²) in [5.74, 6) is -0.0391. The highest BCUT2D eigenvalue weighted by molar-refractivity contribution is 5.90. The highest BCUT2D eigenvalue weighted by Gasteiger charge is 2.54. The number of carbonyl (C=O) groups excluding carboxylic acids is 1. The van der Waals surface area contributed by atoms with Crippen molar-refractivity contribution < 1.29 is 18.7 Å². The van der Waals surface area contributed by atoms with Crippen LogP contribution in [0, 0.1) is 11.8 Å². The van der Waals surface area contributed by atoms with Gasteiger partial charge < -0.3 is 15.2 Å². The zero-order valence-electron chi connectivity index (χ0n) is 16.5. The number of piperidine rings is 1. The van der Waals surface area contributed by atoms with Gasteiger partial charge in [0.05, 0.1) is 0 Å². The number of halogens is 1. The number of likely N-dealkylation sites (tertiary alicyclic amines) is 1. The number of aromatic nitrogens is 1. The molecule has 0 radical (unpaired) electrons. The Balaban J connectivity index is 1.60. The molecule has 1 aliphatic carbocycles. The Bertz CT molecular complexity index is 709. The van der Waals surface area contributed by atoms with E-state index in [9.17, 15) is 4.79 Å². The summed E-state index contributed by atoms with van der Waals surface area (Å²) in [7, 11) is 1.75. The van der Waals surface area contributed by atoms with Gasteiger partial charge in [-0.05, 0) is 30.5 Å². The predicted molar refractivity (Wildman–Crippen MR) is 103 cm³/mol. The van der Waals surface area contributed by atoms with E-state index in [1.165, 1.54) is 0 Å². The van der Waals surface area contributed by atoms with Gasteiger partial charge in [0.15, 0.2) is 0 Å². The number of ether oxygens (including phenoxy) is 2. The Morgan fingerprint density at radius 3 is 2.64 bits per heavy atom. The normalized spacial score (nSPS) is 32.8. The van der Waals surface area contributed by atoms with Gasteiger partial charge in [0.1, 0.15) is 17.0 Å². The average molecular weight is 391 g/mol. The van der Waals surface area contributed by atoms with Gasteiger partial charge in [-0.25, -0.2) is 4.39 Å². The Labute approximate surface area is 165 Å². The fourth-order valence-electron chi connectivity index (χ4n) is 5.68. The van der Waals surface area contributed by atoms with Gasteiger partial charge in [0.25, 0.3) is 5.91 Å². The minimum Gasteiger partial charge on any atom is -0.381 e. The number of fused-ring (bicyclic) bond motifs is 2. The maximum absolute atomic E-state index is 15.3. The van der Waals surface area contributed by atoms with Gasteiger partial charge in [-0.2, -0.15) is 0 Å². The van der Waals surface area contributed by atoms with E-state index in [-0.39, 0.29) is 17.5 Å². The van der Waals surface area contributed by atoms with Crippen molar-refractivity contribution in [1.82, 2.24) is 9.88 Å². The molecule has 154 valence electrons. The molecule has 1 aromatic rings. The molecule has 2 saturated heterocycles. The van der Waals surface area contributed by atoms with E-state index in [1.54, 1.807) is 19.4 Å². The topological polar surface area (TPSA) is 77.7 Å². The second kappa shape index (κ2) is 7.69. The molecule has 6 nitrogen and oxygen atoms in total. The highest BCUT2D eigenvalue weighted by atomic mass is 19.1. The first-order valence-electron chi connectivity index (χ1n) is 10.3. The van der Waals surface area contributed by atoms with E-state index in [0.29, 0.717) is 32.6 Å². The number of pyridine rings is 1. The summed E-state index contributed by atoms with van der Waals surface area (Å²) in [6.07, 6.45) is 5.78. The Morgan fingerprint density at radius 1 is 1.36 bits per heavy atom. The van der Waals surface area contributed by atoms with E-state index in [1.807, 2.05) is 6.07 Å². The Hall–Kier alpha value is -1.57. The summed E-state index contributed by atoms with van der Waals surface area (Å²) >= 11 is 0. The van der Waals surface area contributed by atoms with Crippen LogP contribution in [0.25, 0.3) is 0 Å². The lowest BCUT2D eigenvalue weighted by Gasteiger charge is -2.56. The largest absolute Gasteiger partial charge is 0.381 e. The second-order valence-electron chi connectivity index (χ2n) is 8.57. The summed E-state index contributed by atoms with van der Waals surface area (Å²) in [4.78, 5) is 18.0. The van der Waals surface area contributed by atoms with Crippen molar-refractivity contribution in [3.8, 4) is 0 Å². The van der Waals surface area contributed by atoms with Crippen LogP contribution in [0.2, 0.25) is 0 Å². The van der Waals surface area contributed by atoms with Gasteiger partial charge in [0, 0.05) is 70.8 Å². The van der Waals surface area contributed by atoms with Gasteiger partial charge in [-0.1, -0.05) is 6.42 Å². The number of primary amides is 1. The first-order chi connectivity index (χ1) is 13.5. The average Bonchev–Trinajstić information content (AvgIpc) is 2.67. The summed E-state index contributed by atoms with van der Waals surface area (Å²) < 4.78 is 26.8. The molecule has 0 spiro atoms. The summed E-state index contributed by atoms with van der Waals surface area (Å²) in [6.45, 7) is 3.07. The number of alkyl halides is 1. The lowest BCUT2D eigenvalue weighted by atomic mass is 9.62. The molecule has 3 aliphatic rings. The third kappa shape index (κ3) is 3.44. The van der Waals surface area contributed by atoms with Gasteiger partial charge in [0.2, 0.25) is 0 Å². The minimum atomic E-state index is -1.16. The zero-order valence-corrected chi connectivity index (χ0v) is 16.5. The van der Waals surface area contributed by atoms with Crippen LogP contribution in [0.15, 0.2) is 18.3 Å². The first-order valence-corrected chi connectivity index (χ1v) is 10.3. The third-order valence-corrected chi connectivity index (χ3v) is 6.97. The van der Waals surface area contributed by atoms with Crippen LogP contribution in [-0.4, -0.2) is 61.4 Å². The van der Waals surface area contributed by atoms with Crippen LogP contribution in [0.3, 0.4) is 0 Å². The van der Waals surface area contributed by atoms with Crippen molar-refractivity contribution in [3.63, 3.8) is 0 Å². The molecule has 1 amide bonds. The van der Waals surface area contributed by atoms with Crippen LogP contribution in [0.4, 0.5) is 4.39 Å². The quantitative estimate of drug-likeness (QED) is 0.833. The van der Waals surface area contributed by atoms with Crippen molar-refractivity contribution in [2.24, 2.45) is 17.6 Å². The number of hydrogen-bond acceptors (Lipinski definition) is 5. The third-order valence-electron chi connectivity index (χ3n) is 6.97. The predicted octanol–water partition coefficient (Wildman–Crippen LogP) is 2.27. The number of methoxy groups -OCH3 is 1. The molecule has 3 atom stereocenters. The molecule has 3 fully saturated rings. The van der Waals surface area contributed by atoms with Crippen molar-refractivity contribution in [1.29, 1.82) is 0 Å². The number of nitrogens with zero attached hydrogens (tertiary/aromatic N) is 2. The summed E-state index contributed by atoms with van der Waals surface area (Å²) in [5, 5.41) is 0. The minimum absolute atomic E-state index is 0.247. The van der Waals surface area contributed by atoms with Crippen LogP contribution in [0.1, 0.15) is 48.2 Å². The van der Waals surface area contributed by atoms with E-state index < -0.39 is 17.2 Å². The molecule has 3 heterocycles. The maximum atomic E-state index is 15.3. The monoisotopic (exact) mass is 391 g/mol. The molecule has 2 aliphatic heterocycles. The van der Waals surface area contributed by atoms with Crippen molar-refractivity contribution >= 4 is 5.91 Å². The smallest absolute Gasteiger partial charge is 0.267 e. The Kier molecular flexibility index (Phi) is 5.42. The second-order valence-corrected chi connectivity index (χ2v) is 8.57. The SMILES string of the molecule is COC1(c2ccnc(C(N)=O)c2)[C@@H]2CCC[C@H]1CN(CC1(F)CCOCC1)C2. The molecule has 2 bridgehead atoms. The highest BCUT2D eigenvalue weighted by Crippen LogP contribution is 2.51. The molecule has 1 unspecified atom stereocenters. The lowest BCUT2D eigenvalue weighted by molar-refractivity contribution is -0.175. The zero-order chi connectivity index (χ0) is 19.8. The summed E-state index contributed by atoms with van der Waals surface area (Å²) in [6, 6.07) is 3.72. The van der Waals surface area contributed by atoms with Gasteiger partial charge in [-0.3, -0.25) is 14.7 Å². The molecule has 28 heavy (non-hydrogen) atoms. The van der Waals surface area contributed by atoms with E-state index >= 15 is 4.39 Å². The maximum Gasteiger partial charge on any atom is 0.267 e. The number of amides is 1. The molecule has 4 rings (SSSR count). The van der Waals surface area contributed by atoms with Crippen molar-refractivity contribution in [2.75, 3.05) is 40.0 Å². The molecule has 7 heteroatoms. The van der Waals surface area contributed by atoms with Crippen LogP contribution in [-0.2, 0) is 15.1 Å². The van der Waals surface area contributed by atoms with Crippen LogP contribution in [0.5, 0.6) is 0 Å².